The summed E-state index contributed by atoms with van der Waals surface area (Å²) in [5.74, 6) is 0.647. The highest BCUT2D eigenvalue weighted by atomic mass is 16.5. The van der Waals surface area contributed by atoms with Gasteiger partial charge in [0.1, 0.15) is 5.75 Å². The van der Waals surface area contributed by atoms with Crippen LogP contribution in [0.4, 0.5) is 0 Å². The molecule has 0 fully saturated rings. The minimum absolute atomic E-state index is 0.0415. The smallest absolute Gasteiger partial charge is 0.251 e. The van der Waals surface area contributed by atoms with Crippen LogP contribution in [0.2, 0.25) is 0 Å². The van der Waals surface area contributed by atoms with E-state index in [9.17, 15) is 9.59 Å². The van der Waals surface area contributed by atoms with E-state index in [2.05, 4.69) is 10.2 Å². The van der Waals surface area contributed by atoms with E-state index in [-0.39, 0.29) is 11.7 Å². The van der Waals surface area contributed by atoms with Gasteiger partial charge < -0.3 is 15.0 Å². The number of fused-ring (bicyclic) bond motifs is 1. The van der Waals surface area contributed by atoms with Gasteiger partial charge in [-0.3, -0.25) is 9.59 Å². The highest BCUT2D eigenvalue weighted by Crippen LogP contribution is 2.28. The Hall–Kier alpha value is -2.66. The Balaban J connectivity index is 1.39. The number of amides is 1. The largest absolute Gasteiger partial charge is 0.480 e. The number of rotatable bonds is 7. The lowest BCUT2D eigenvalue weighted by Crippen LogP contribution is -2.37. The van der Waals surface area contributed by atoms with Gasteiger partial charge in [-0.15, -0.1) is 0 Å². The van der Waals surface area contributed by atoms with Crippen LogP contribution in [0, 0.1) is 0 Å². The van der Waals surface area contributed by atoms with Gasteiger partial charge in [-0.1, -0.05) is 30.3 Å². The molecule has 0 bridgehead atoms. The molecular weight excluding hydrogens is 316 g/mol. The van der Waals surface area contributed by atoms with Crippen molar-refractivity contribution in [3.8, 4) is 5.75 Å². The molecule has 130 valence electrons. The van der Waals surface area contributed by atoms with Gasteiger partial charge in [0.25, 0.3) is 5.91 Å². The summed E-state index contributed by atoms with van der Waals surface area (Å²) < 4.78 is 5.73. The van der Waals surface area contributed by atoms with Gasteiger partial charge in [0, 0.05) is 18.7 Å². The number of para-hydroxylation sites is 1. The number of hydrogen-bond donors (Lipinski definition) is 1. The zero-order valence-electron chi connectivity index (χ0n) is 14.3. The molecule has 5 nitrogen and oxygen atoms in total. The first kappa shape index (κ1) is 17.2. The van der Waals surface area contributed by atoms with Crippen molar-refractivity contribution in [2.45, 2.75) is 12.5 Å². The molecule has 1 heterocycles. The Kier molecular flexibility index (Phi) is 5.46. The van der Waals surface area contributed by atoms with Crippen LogP contribution in [-0.4, -0.2) is 49.4 Å². The van der Waals surface area contributed by atoms with Crippen LogP contribution in [-0.2, 0) is 0 Å². The number of hydrogen-bond acceptors (Lipinski definition) is 4. The summed E-state index contributed by atoms with van der Waals surface area (Å²) in [5.41, 5.74) is 1.33. The maximum atomic E-state index is 12.3. The van der Waals surface area contributed by atoms with Gasteiger partial charge in [0.2, 0.25) is 5.78 Å². The average molecular weight is 338 g/mol. The third-order valence-corrected chi connectivity index (χ3v) is 4.23. The van der Waals surface area contributed by atoms with E-state index in [4.69, 9.17) is 4.74 Å². The maximum Gasteiger partial charge on any atom is 0.251 e. The minimum atomic E-state index is -0.443. The minimum Gasteiger partial charge on any atom is -0.480 e. The fourth-order valence-corrected chi connectivity index (χ4v) is 2.89. The second kappa shape index (κ2) is 7.94. The number of benzene rings is 2. The van der Waals surface area contributed by atoms with Crippen LogP contribution < -0.4 is 10.1 Å². The first-order valence-corrected chi connectivity index (χ1v) is 8.47. The zero-order chi connectivity index (χ0) is 17.6. The fraction of sp³-hybridized carbons (Fsp3) is 0.300. The van der Waals surface area contributed by atoms with Crippen molar-refractivity contribution in [3.05, 3.63) is 65.7 Å². The Morgan fingerprint density at radius 3 is 2.60 bits per heavy atom. The molecule has 0 saturated heterocycles. The lowest BCUT2D eigenvalue weighted by atomic mass is 10.1. The zero-order valence-corrected chi connectivity index (χ0v) is 14.3. The van der Waals surface area contributed by atoms with E-state index in [1.54, 1.807) is 18.2 Å². The predicted octanol–water partition coefficient (Wildman–Crippen LogP) is 2.38. The normalized spacial score (nSPS) is 15.8. The summed E-state index contributed by atoms with van der Waals surface area (Å²) in [5, 5.41) is 2.91. The molecule has 3 rings (SSSR count). The van der Waals surface area contributed by atoms with Gasteiger partial charge in [0.05, 0.1) is 5.56 Å². The van der Waals surface area contributed by atoms with Crippen LogP contribution in [0.1, 0.15) is 27.1 Å². The number of ether oxygens (including phenoxy) is 1. The van der Waals surface area contributed by atoms with Crippen LogP contribution in [0.25, 0.3) is 0 Å². The molecule has 1 unspecified atom stereocenters. The van der Waals surface area contributed by atoms with Crippen molar-refractivity contribution in [2.24, 2.45) is 0 Å². The Labute approximate surface area is 147 Å². The molecule has 0 spiro atoms. The molecule has 1 amide bonds. The van der Waals surface area contributed by atoms with Crippen molar-refractivity contribution >= 4 is 11.7 Å². The standard InChI is InChI=1S/C20H22N2O3/c1-22(13-7-12-21-20(24)15-8-3-2-4-9-15)14-18-19(23)16-10-5-6-11-17(16)25-18/h2-6,8-11,18H,7,12-14H2,1H3,(H,21,24). The van der Waals surface area contributed by atoms with E-state index >= 15 is 0 Å². The monoisotopic (exact) mass is 338 g/mol. The molecular formula is C20H22N2O3. The molecule has 2 aromatic rings. The quantitative estimate of drug-likeness (QED) is 0.788. The summed E-state index contributed by atoms with van der Waals surface area (Å²) in [4.78, 5) is 26.3. The molecule has 0 aliphatic carbocycles. The molecule has 25 heavy (non-hydrogen) atoms. The Bertz CT molecular complexity index is 746. The number of ketones is 1. The lowest BCUT2D eigenvalue weighted by Gasteiger charge is -2.20. The SMILES string of the molecule is CN(CCCNC(=O)c1ccccc1)CC1Oc2ccccc2C1=O. The number of likely N-dealkylation sites (N-methyl/N-ethyl adjacent to an activating group) is 1. The Morgan fingerprint density at radius 1 is 1.12 bits per heavy atom. The third-order valence-electron chi connectivity index (χ3n) is 4.23. The van der Waals surface area contributed by atoms with E-state index in [1.807, 2.05) is 43.4 Å². The summed E-state index contributed by atoms with van der Waals surface area (Å²) in [6.45, 7) is 1.91. The maximum absolute atomic E-state index is 12.3. The molecule has 1 atom stereocenters. The average Bonchev–Trinajstić information content (AvgIpc) is 2.95. The molecule has 1 aliphatic rings. The van der Waals surface area contributed by atoms with Gasteiger partial charge >= 0.3 is 0 Å². The summed E-state index contributed by atoms with van der Waals surface area (Å²) in [7, 11) is 1.96. The second-order valence-electron chi connectivity index (χ2n) is 6.20. The van der Waals surface area contributed by atoms with Crippen molar-refractivity contribution in [1.29, 1.82) is 0 Å². The number of carbonyl (C=O) groups excluding carboxylic acids is 2. The first-order chi connectivity index (χ1) is 12.1. The molecule has 5 heteroatoms. The molecule has 0 radical (unpaired) electrons. The van der Waals surface area contributed by atoms with Crippen molar-refractivity contribution in [2.75, 3.05) is 26.7 Å². The van der Waals surface area contributed by atoms with Crippen LogP contribution >= 0.6 is 0 Å². The molecule has 1 N–H and O–H groups in total. The summed E-state index contributed by atoms with van der Waals surface area (Å²) in [6.07, 6.45) is 0.365. The highest BCUT2D eigenvalue weighted by molar-refractivity contribution is 6.04. The Morgan fingerprint density at radius 2 is 1.84 bits per heavy atom. The predicted molar refractivity (Wildman–Crippen MR) is 96.1 cm³/mol. The lowest BCUT2D eigenvalue weighted by molar-refractivity contribution is 0.0801. The summed E-state index contributed by atoms with van der Waals surface area (Å²) >= 11 is 0. The molecule has 2 aromatic carbocycles. The topological polar surface area (TPSA) is 58.6 Å². The first-order valence-electron chi connectivity index (χ1n) is 8.47. The van der Waals surface area contributed by atoms with Gasteiger partial charge in [0.15, 0.2) is 6.10 Å². The van der Waals surface area contributed by atoms with Gasteiger partial charge in [-0.2, -0.15) is 0 Å². The van der Waals surface area contributed by atoms with E-state index in [0.717, 1.165) is 13.0 Å². The van der Waals surface area contributed by atoms with Crippen LogP contribution in [0.3, 0.4) is 0 Å². The molecule has 0 aromatic heterocycles. The van der Waals surface area contributed by atoms with Crippen molar-refractivity contribution < 1.29 is 14.3 Å². The number of nitrogens with one attached hydrogen (secondary N) is 1. The van der Waals surface area contributed by atoms with Gasteiger partial charge in [-0.05, 0) is 44.3 Å². The van der Waals surface area contributed by atoms with E-state index < -0.39 is 6.10 Å². The third kappa shape index (κ3) is 4.25. The molecule has 1 aliphatic heterocycles. The number of Topliss-reactive ketones (excluding diaryl/α,β-unsaturated/α-hetero) is 1. The van der Waals surface area contributed by atoms with E-state index in [1.165, 1.54) is 0 Å². The summed E-state index contributed by atoms with van der Waals surface area (Å²) in [6, 6.07) is 16.5. The van der Waals surface area contributed by atoms with Crippen molar-refractivity contribution in [3.63, 3.8) is 0 Å². The second-order valence-corrected chi connectivity index (χ2v) is 6.20. The van der Waals surface area contributed by atoms with E-state index in [0.29, 0.717) is 30.0 Å². The van der Waals surface area contributed by atoms with Gasteiger partial charge in [-0.25, -0.2) is 0 Å². The fourth-order valence-electron chi connectivity index (χ4n) is 2.89. The van der Waals surface area contributed by atoms with Crippen LogP contribution in [0.5, 0.6) is 5.75 Å². The van der Waals surface area contributed by atoms with Crippen molar-refractivity contribution in [1.82, 2.24) is 10.2 Å². The van der Waals surface area contributed by atoms with Crippen LogP contribution in [0.15, 0.2) is 54.6 Å². The highest BCUT2D eigenvalue weighted by Gasteiger charge is 2.32. The number of carbonyl (C=O) groups is 2. The number of nitrogens with zero attached hydrogens (tertiary/aromatic N) is 1. The molecule has 0 saturated carbocycles.